The first-order valence-electron chi connectivity index (χ1n) is 8.70. The fourth-order valence-corrected chi connectivity index (χ4v) is 4.60. The Kier molecular flexibility index (Phi) is 4.96. The summed E-state index contributed by atoms with van der Waals surface area (Å²) in [5.41, 5.74) is 0.418. The number of nitrogens with one attached hydrogen (secondary N) is 1. The monoisotopic (exact) mass is 393 g/mol. The molecule has 0 atom stereocenters. The van der Waals surface area contributed by atoms with Gasteiger partial charge in [0.05, 0.1) is 28.0 Å². The number of aromatic nitrogens is 2. The van der Waals surface area contributed by atoms with Gasteiger partial charge in [-0.05, 0) is 39.7 Å². The Bertz CT molecular complexity index is 956. The molecule has 0 aliphatic carbocycles. The second-order valence-corrected chi connectivity index (χ2v) is 9.42. The van der Waals surface area contributed by atoms with Crippen molar-refractivity contribution in [2.45, 2.75) is 44.0 Å². The van der Waals surface area contributed by atoms with Crippen LogP contribution in [-0.4, -0.2) is 40.5 Å². The molecule has 0 saturated carbocycles. The van der Waals surface area contributed by atoms with Gasteiger partial charge < -0.3 is 5.32 Å². The summed E-state index contributed by atoms with van der Waals surface area (Å²) in [7, 11) is -3.83. The standard InChI is InChI=1S/C17H23N5O4S/c1-17(2,3)21-12-13(11-18-21)19-15-7-6-14(22(23)24)10-16(15)27(25,26)20-8-4-5-9-20/h6-7,10-12,19H,4-5,8-9H2,1-3H3. The number of anilines is 2. The molecule has 2 heterocycles. The van der Waals surface area contributed by atoms with Gasteiger partial charge in [0.25, 0.3) is 5.69 Å². The molecule has 0 bridgehead atoms. The van der Waals surface area contributed by atoms with Crippen LogP contribution in [0.5, 0.6) is 0 Å². The predicted molar refractivity (Wildman–Crippen MR) is 102 cm³/mol. The van der Waals surface area contributed by atoms with E-state index in [1.165, 1.54) is 16.4 Å². The minimum absolute atomic E-state index is 0.0953. The molecule has 1 aliphatic heterocycles. The number of benzene rings is 1. The molecule has 9 nitrogen and oxygen atoms in total. The zero-order valence-electron chi connectivity index (χ0n) is 15.5. The van der Waals surface area contributed by atoms with Crippen LogP contribution in [0.15, 0.2) is 35.5 Å². The second kappa shape index (κ2) is 6.93. The van der Waals surface area contributed by atoms with Crippen molar-refractivity contribution in [2.24, 2.45) is 0 Å². The molecule has 0 spiro atoms. The van der Waals surface area contributed by atoms with Crippen molar-refractivity contribution in [2.75, 3.05) is 18.4 Å². The highest BCUT2D eigenvalue weighted by Gasteiger charge is 2.31. The van der Waals surface area contributed by atoms with Gasteiger partial charge in [0.15, 0.2) is 0 Å². The molecule has 1 fully saturated rings. The highest BCUT2D eigenvalue weighted by atomic mass is 32.2. The summed E-state index contributed by atoms with van der Waals surface area (Å²) >= 11 is 0. The summed E-state index contributed by atoms with van der Waals surface area (Å²) in [5.74, 6) is 0. The van der Waals surface area contributed by atoms with Crippen LogP contribution in [0.1, 0.15) is 33.6 Å². The number of non-ortho nitro benzene ring substituents is 1. The number of nitro benzene ring substituents is 1. The van der Waals surface area contributed by atoms with Gasteiger partial charge in [-0.25, -0.2) is 8.42 Å². The zero-order valence-corrected chi connectivity index (χ0v) is 16.4. The van der Waals surface area contributed by atoms with E-state index in [4.69, 9.17) is 0 Å². The molecule has 1 aromatic heterocycles. The van der Waals surface area contributed by atoms with E-state index in [1.54, 1.807) is 17.1 Å². The van der Waals surface area contributed by atoms with Crippen LogP contribution in [0, 0.1) is 10.1 Å². The van der Waals surface area contributed by atoms with Crippen LogP contribution in [-0.2, 0) is 15.6 Å². The third-order valence-electron chi connectivity index (χ3n) is 4.41. The zero-order chi connectivity index (χ0) is 19.8. The van der Waals surface area contributed by atoms with E-state index in [1.807, 2.05) is 20.8 Å². The fourth-order valence-electron chi connectivity index (χ4n) is 2.92. The third-order valence-corrected chi connectivity index (χ3v) is 6.35. The van der Waals surface area contributed by atoms with E-state index in [-0.39, 0.29) is 16.1 Å². The molecule has 1 aromatic carbocycles. The first-order valence-corrected chi connectivity index (χ1v) is 10.1. The molecule has 1 aliphatic rings. The fraction of sp³-hybridized carbons (Fsp3) is 0.471. The van der Waals surface area contributed by atoms with Gasteiger partial charge in [0.1, 0.15) is 4.90 Å². The number of nitrogens with zero attached hydrogens (tertiary/aromatic N) is 4. The van der Waals surface area contributed by atoms with Gasteiger partial charge >= 0.3 is 0 Å². The molecule has 2 aromatic rings. The van der Waals surface area contributed by atoms with Crippen LogP contribution in [0.4, 0.5) is 17.1 Å². The van der Waals surface area contributed by atoms with Gasteiger partial charge in [-0.15, -0.1) is 0 Å². The van der Waals surface area contributed by atoms with E-state index >= 15 is 0 Å². The van der Waals surface area contributed by atoms with Crippen molar-refractivity contribution in [1.29, 1.82) is 0 Å². The van der Waals surface area contributed by atoms with Crippen molar-refractivity contribution in [1.82, 2.24) is 14.1 Å². The molecule has 0 radical (unpaired) electrons. The van der Waals surface area contributed by atoms with E-state index in [0.29, 0.717) is 24.5 Å². The average molecular weight is 393 g/mol. The minimum atomic E-state index is -3.83. The van der Waals surface area contributed by atoms with Crippen LogP contribution < -0.4 is 5.32 Å². The summed E-state index contributed by atoms with van der Waals surface area (Å²) in [6, 6.07) is 3.83. The molecular weight excluding hydrogens is 370 g/mol. The van der Waals surface area contributed by atoms with E-state index in [9.17, 15) is 18.5 Å². The van der Waals surface area contributed by atoms with E-state index in [2.05, 4.69) is 10.4 Å². The predicted octanol–water partition coefficient (Wildman–Crippen LogP) is 3.07. The van der Waals surface area contributed by atoms with Gasteiger partial charge in [0.2, 0.25) is 10.0 Å². The van der Waals surface area contributed by atoms with E-state index < -0.39 is 14.9 Å². The normalized spacial score (nSPS) is 15.8. The highest BCUT2D eigenvalue weighted by molar-refractivity contribution is 7.89. The number of hydrogen-bond acceptors (Lipinski definition) is 6. The Morgan fingerprint density at radius 1 is 1.22 bits per heavy atom. The molecule has 27 heavy (non-hydrogen) atoms. The Balaban J connectivity index is 2.02. The molecule has 0 unspecified atom stereocenters. The third kappa shape index (κ3) is 3.96. The quantitative estimate of drug-likeness (QED) is 0.617. The summed E-state index contributed by atoms with van der Waals surface area (Å²) in [6.07, 6.45) is 4.94. The van der Waals surface area contributed by atoms with Crippen LogP contribution in [0.3, 0.4) is 0 Å². The van der Waals surface area contributed by atoms with Crippen molar-refractivity contribution >= 4 is 27.1 Å². The van der Waals surface area contributed by atoms with Crippen LogP contribution in [0.25, 0.3) is 0 Å². The second-order valence-electron chi connectivity index (χ2n) is 7.52. The van der Waals surface area contributed by atoms with Gasteiger partial charge in [-0.3, -0.25) is 14.8 Å². The van der Waals surface area contributed by atoms with Gasteiger partial charge in [-0.2, -0.15) is 9.40 Å². The first kappa shape index (κ1) is 19.3. The Labute approximate surface area is 158 Å². The summed E-state index contributed by atoms with van der Waals surface area (Å²) in [4.78, 5) is 10.5. The lowest BCUT2D eigenvalue weighted by atomic mass is 10.1. The smallest absolute Gasteiger partial charge is 0.270 e. The number of rotatable bonds is 5. The average Bonchev–Trinajstić information content (AvgIpc) is 3.26. The lowest BCUT2D eigenvalue weighted by Gasteiger charge is -2.19. The van der Waals surface area contributed by atoms with Gasteiger partial charge in [0, 0.05) is 31.4 Å². The lowest BCUT2D eigenvalue weighted by molar-refractivity contribution is -0.385. The molecule has 1 N–H and O–H groups in total. The number of hydrogen-bond donors (Lipinski definition) is 1. The molecule has 1 saturated heterocycles. The SMILES string of the molecule is CC(C)(C)n1cc(Nc2ccc([N+](=O)[O-])cc2S(=O)(=O)N2CCCC2)cn1. The Morgan fingerprint density at radius 3 is 2.44 bits per heavy atom. The van der Waals surface area contributed by atoms with E-state index in [0.717, 1.165) is 18.9 Å². The first-order chi connectivity index (χ1) is 12.6. The van der Waals surface area contributed by atoms with Gasteiger partial charge in [-0.1, -0.05) is 0 Å². The minimum Gasteiger partial charge on any atom is -0.352 e. The van der Waals surface area contributed by atoms with Crippen LogP contribution >= 0.6 is 0 Å². The molecule has 3 rings (SSSR count). The molecular formula is C17H23N5O4S. The topological polar surface area (TPSA) is 110 Å². The maximum absolute atomic E-state index is 13.0. The largest absolute Gasteiger partial charge is 0.352 e. The Hall–Kier alpha value is -2.46. The molecule has 10 heteroatoms. The van der Waals surface area contributed by atoms with Crippen molar-refractivity contribution in [3.63, 3.8) is 0 Å². The number of nitro groups is 1. The summed E-state index contributed by atoms with van der Waals surface area (Å²) < 4.78 is 29.2. The number of sulfonamides is 1. The summed E-state index contributed by atoms with van der Waals surface area (Å²) in [5, 5.41) is 18.5. The summed E-state index contributed by atoms with van der Waals surface area (Å²) in [6.45, 7) is 6.84. The van der Waals surface area contributed by atoms with Crippen molar-refractivity contribution < 1.29 is 13.3 Å². The van der Waals surface area contributed by atoms with Crippen molar-refractivity contribution in [3.05, 3.63) is 40.7 Å². The van der Waals surface area contributed by atoms with Crippen molar-refractivity contribution in [3.8, 4) is 0 Å². The lowest BCUT2D eigenvalue weighted by Crippen LogP contribution is -2.28. The maximum Gasteiger partial charge on any atom is 0.270 e. The molecule has 0 amide bonds. The Morgan fingerprint density at radius 2 is 1.89 bits per heavy atom. The highest BCUT2D eigenvalue weighted by Crippen LogP contribution is 2.32. The van der Waals surface area contributed by atoms with Crippen LogP contribution in [0.2, 0.25) is 0 Å². The molecule has 146 valence electrons. The maximum atomic E-state index is 13.0.